The minimum absolute atomic E-state index is 0.0815. The lowest BCUT2D eigenvalue weighted by atomic mass is 10.3. The van der Waals surface area contributed by atoms with Gasteiger partial charge >= 0.3 is 6.03 Å². The number of likely N-dealkylation sites (N-methyl/N-ethyl adjacent to an activating group) is 1. The van der Waals surface area contributed by atoms with Crippen LogP contribution in [0.3, 0.4) is 0 Å². The Bertz CT molecular complexity index is 412. The van der Waals surface area contributed by atoms with Crippen LogP contribution in [0.4, 0.5) is 10.5 Å². The summed E-state index contributed by atoms with van der Waals surface area (Å²) in [5.41, 5.74) is 1.37. The van der Waals surface area contributed by atoms with Gasteiger partial charge in [0.2, 0.25) is 0 Å². The summed E-state index contributed by atoms with van der Waals surface area (Å²) in [7, 11) is 1.62. The smallest absolute Gasteiger partial charge is 0.321 e. The molecule has 1 heterocycles. The fraction of sp³-hybridized carbons (Fsp3) is 0.455. The largest absolute Gasteiger partial charge is 0.394 e. The minimum atomic E-state index is -0.296. The highest BCUT2D eigenvalue weighted by Gasteiger charge is 2.15. The topological polar surface area (TPSA) is 65.5 Å². The molecule has 1 aromatic heterocycles. The molecule has 0 aromatic carbocycles. The molecule has 0 radical (unpaired) electrons. The normalized spacial score (nSPS) is 12.1. The second-order valence-electron chi connectivity index (χ2n) is 3.90. The van der Waals surface area contributed by atoms with E-state index in [-0.39, 0.29) is 18.7 Å². The van der Waals surface area contributed by atoms with E-state index in [2.05, 4.69) is 10.3 Å². The van der Waals surface area contributed by atoms with Crippen molar-refractivity contribution in [3.05, 3.63) is 23.0 Å². The third kappa shape index (κ3) is 3.57. The van der Waals surface area contributed by atoms with Crippen LogP contribution in [0.25, 0.3) is 0 Å². The van der Waals surface area contributed by atoms with Gasteiger partial charge in [-0.15, -0.1) is 0 Å². The van der Waals surface area contributed by atoms with Gasteiger partial charge in [-0.3, -0.25) is 0 Å². The first kappa shape index (κ1) is 13.7. The summed E-state index contributed by atoms with van der Waals surface area (Å²) in [5.74, 6) is 0. The fourth-order valence-corrected chi connectivity index (χ4v) is 1.26. The molecule has 94 valence electrons. The number of hydrogen-bond donors (Lipinski definition) is 2. The number of rotatable bonds is 3. The summed E-state index contributed by atoms with van der Waals surface area (Å²) < 4.78 is 0. The Labute approximate surface area is 105 Å². The number of nitrogens with one attached hydrogen (secondary N) is 1. The molecule has 5 nitrogen and oxygen atoms in total. The van der Waals surface area contributed by atoms with E-state index in [1.165, 1.54) is 11.1 Å². The molecule has 0 spiro atoms. The Hall–Kier alpha value is -1.33. The number of pyridine rings is 1. The fourth-order valence-electron chi connectivity index (χ4n) is 1.16. The first-order chi connectivity index (χ1) is 7.95. The summed E-state index contributed by atoms with van der Waals surface area (Å²) in [5, 5.41) is 12.0. The predicted molar refractivity (Wildman–Crippen MR) is 67.3 cm³/mol. The summed E-state index contributed by atoms with van der Waals surface area (Å²) in [6.45, 7) is 3.48. The number of halogens is 1. The van der Waals surface area contributed by atoms with Crippen molar-refractivity contribution in [3.8, 4) is 0 Å². The van der Waals surface area contributed by atoms with Crippen LogP contribution >= 0.6 is 11.6 Å². The molecule has 1 rings (SSSR count). The van der Waals surface area contributed by atoms with Gasteiger partial charge in [-0.25, -0.2) is 9.78 Å². The summed E-state index contributed by atoms with van der Waals surface area (Å²) in [6, 6.07) is 1.21. The molecular formula is C11H16ClN3O2. The average molecular weight is 258 g/mol. The Kier molecular flexibility index (Phi) is 4.72. The van der Waals surface area contributed by atoms with Crippen molar-refractivity contribution >= 4 is 23.3 Å². The number of aryl methyl sites for hydroxylation is 1. The monoisotopic (exact) mass is 257 g/mol. The van der Waals surface area contributed by atoms with Crippen LogP contribution in [-0.4, -0.2) is 40.7 Å². The molecular weight excluding hydrogens is 242 g/mol. The summed E-state index contributed by atoms with van der Waals surface area (Å²) >= 11 is 5.79. The molecule has 0 bridgehead atoms. The van der Waals surface area contributed by atoms with Crippen LogP contribution in [0.15, 0.2) is 12.3 Å². The maximum Gasteiger partial charge on any atom is 0.321 e. The van der Waals surface area contributed by atoms with Crippen LogP contribution in [0.2, 0.25) is 5.15 Å². The zero-order valence-electron chi connectivity index (χ0n) is 10.1. The number of hydrogen-bond acceptors (Lipinski definition) is 3. The van der Waals surface area contributed by atoms with Crippen molar-refractivity contribution in [2.45, 2.75) is 19.9 Å². The maximum atomic E-state index is 11.8. The van der Waals surface area contributed by atoms with Crippen LogP contribution in [0.5, 0.6) is 0 Å². The lowest BCUT2D eigenvalue weighted by Gasteiger charge is -2.23. The first-order valence-corrected chi connectivity index (χ1v) is 5.60. The number of carbonyl (C=O) groups is 1. The molecule has 1 unspecified atom stereocenters. The van der Waals surface area contributed by atoms with Gasteiger partial charge in [0.05, 0.1) is 24.5 Å². The quantitative estimate of drug-likeness (QED) is 0.813. The third-order valence-corrected chi connectivity index (χ3v) is 2.91. The molecule has 0 aliphatic rings. The highest BCUT2D eigenvalue weighted by Crippen LogP contribution is 2.16. The predicted octanol–water partition coefficient (Wildman–Crippen LogP) is 1.89. The second kappa shape index (κ2) is 5.84. The van der Waals surface area contributed by atoms with E-state index in [1.54, 1.807) is 20.0 Å². The first-order valence-electron chi connectivity index (χ1n) is 5.22. The molecule has 0 aliphatic carbocycles. The highest BCUT2D eigenvalue weighted by atomic mass is 35.5. The molecule has 0 fully saturated rings. The lowest BCUT2D eigenvalue weighted by molar-refractivity contribution is 0.166. The summed E-state index contributed by atoms with van der Waals surface area (Å²) in [6.07, 6.45) is 1.49. The van der Waals surface area contributed by atoms with Crippen LogP contribution < -0.4 is 5.32 Å². The molecule has 17 heavy (non-hydrogen) atoms. The van der Waals surface area contributed by atoms with Crippen molar-refractivity contribution in [1.82, 2.24) is 9.88 Å². The average Bonchev–Trinajstić information content (AvgIpc) is 2.31. The van der Waals surface area contributed by atoms with Gasteiger partial charge in [-0.2, -0.15) is 0 Å². The number of carbonyl (C=O) groups excluding carboxylic acids is 1. The lowest BCUT2D eigenvalue weighted by Crippen LogP contribution is -2.40. The van der Waals surface area contributed by atoms with Gasteiger partial charge in [0, 0.05) is 7.05 Å². The number of nitrogens with zero attached hydrogens (tertiary/aromatic N) is 2. The van der Waals surface area contributed by atoms with E-state index in [0.29, 0.717) is 10.8 Å². The minimum Gasteiger partial charge on any atom is -0.394 e. The van der Waals surface area contributed by atoms with E-state index < -0.39 is 0 Å². The zero-order chi connectivity index (χ0) is 13.0. The van der Waals surface area contributed by atoms with E-state index in [1.807, 2.05) is 6.92 Å². The molecule has 2 N–H and O–H groups in total. The van der Waals surface area contributed by atoms with Crippen LogP contribution in [0, 0.1) is 6.92 Å². The van der Waals surface area contributed by atoms with Crippen molar-refractivity contribution in [2.75, 3.05) is 19.0 Å². The number of amides is 2. The number of urea groups is 1. The maximum absolute atomic E-state index is 11.8. The molecule has 1 atom stereocenters. The molecule has 1 aromatic rings. The van der Waals surface area contributed by atoms with Crippen molar-refractivity contribution in [2.24, 2.45) is 0 Å². The molecule has 0 saturated heterocycles. The second-order valence-corrected chi connectivity index (χ2v) is 4.26. The third-order valence-electron chi connectivity index (χ3n) is 2.51. The van der Waals surface area contributed by atoms with E-state index in [9.17, 15) is 4.79 Å². The number of aliphatic hydroxyl groups is 1. The van der Waals surface area contributed by atoms with Gasteiger partial charge < -0.3 is 15.3 Å². The van der Waals surface area contributed by atoms with Gasteiger partial charge in [0.25, 0.3) is 0 Å². The van der Waals surface area contributed by atoms with Crippen molar-refractivity contribution in [1.29, 1.82) is 0 Å². The molecule has 0 saturated carbocycles. The van der Waals surface area contributed by atoms with Gasteiger partial charge in [-0.05, 0) is 25.5 Å². The van der Waals surface area contributed by atoms with Gasteiger partial charge in [-0.1, -0.05) is 11.6 Å². The van der Waals surface area contributed by atoms with Gasteiger partial charge in [0.15, 0.2) is 0 Å². The van der Waals surface area contributed by atoms with E-state index in [4.69, 9.17) is 16.7 Å². The molecule has 2 amide bonds. The zero-order valence-corrected chi connectivity index (χ0v) is 10.8. The molecule has 6 heteroatoms. The van der Waals surface area contributed by atoms with Crippen LogP contribution in [-0.2, 0) is 0 Å². The van der Waals surface area contributed by atoms with E-state index in [0.717, 1.165) is 5.56 Å². The number of aromatic nitrogens is 1. The van der Waals surface area contributed by atoms with E-state index >= 15 is 0 Å². The number of aliphatic hydroxyl groups excluding tert-OH is 1. The van der Waals surface area contributed by atoms with Crippen molar-refractivity contribution in [3.63, 3.8) is 0 Å². The molecule has 0 aliphatic heterocycles. The Morgan fingerprint density at radius 2 is 2.35 bits per heavy atom. The van der Waals surface area contributed by atoms with Crippen LogP contribution in [0.1, 0.15) is 12.5 Å². The number of anilines is 1. The highest BCUT2D eigenvalue weighted by molar-refractivity contribution is 6.30. The standard InChI is InChI=1S/C11H16ClN3O2/c1-7-4-9(5-13-10(7)12)14-11(17)15(3)8(2)6-16/h4-5,8,16H,6H2,1-3H3,(H,14,17). The Morgan fingerprint density at radius 3 is 2.88 bits per heavy atom. The van der Waals surface area contributed by atoms with Gasteiger partial charge in [0.1, 0.15) is 5.15 Å². The van der Waals surface area contributed by atoms with Crippen molar-refractivity contribution < 1.29 is 9.90 Å². The Balaban J connectivity index is 2.71. The SMILES string of the molecule is Cc1cc(NC(=O)N(C)C(C)CO)cnc1Cl. The Morgan fingerprint density at radius 1 is 1.71 bits per heavy atom. The summed E-state index contributed by atoms with van der Waals surface area (Å²) in [4.78, 5) is 17.1.